The SMILES string of the molecule is Cc1cc(Cl)ccc1C(CN)Nc1ccccc1Br. The highest BCUT2D eigenvalue weighted by molar-refractivity contribution is 9.10. The van der Waals surface area contributed by atoms with Crippen LogP contribution in [0.15, 0.2) is 46.9 Å². The molecule has 0 saturated heterocycles. The van der Waals surface area contributed by atoms with Gasteiger partial charge in [-0.2, -0.15) is 0 Å². The Hall–Kier alpha value is -1.03. The Bertz CT molecular complexity index is 572. The maximum atomic E-state index is 5.99. The fourth-order valence-corrected chi connectivity index (χ4v) is 2.69. The molecule has 0 aliphatic heterocycles. The summed E-state index contributed by atoms with van der Waals surface area (Å²) in [6.45, 7) is 2.56. The third-order valence-electron chi connectivity index (χ3n) is 3.05. The van der Waals surface area contributed by atoms with Crippen molar-refractivity contribution in [1.29, 1.82) is 0 Å². The van der Waals surface area contributed by atoms with Crippen LogP contribution in [-0.2, 0) is 0 Å². The average Bonchev–Trinajstić information content (AvgIpc) is 2.39. The Kier molecular flexibility index (Phi) is 4.86. The van der Waals surface area contributed by atoms with Crippen LogP contribution in [-0.4, -0.2) is 6.54 Å². The lowest BCUT2D eigenvalue weighted by Gasteiger charge is -2.21. The molecule has 2 aromatic rings. The van der Waals surface area contributed by atoms with E-state index in [9.17, 15) is 0 Å². The number of benzene rings is 2. The molecule has 100 valence electrons. The average molecular weight is 340 g/mol. The van der Waals surface area contributed by atoms with Gasteiger partial charge in [0.25, 0.3) is 0 Å². The largest absolute Gasteiger partial charge is 0.376 e. The van der Waals surface area contributed by atoms with Crippen LogP contribution in [0.3, 0.4) is 0 Å². The molecular formula is C15H16BrClN2. The first kappa shape index (κ1) is 14.4. The molecule has 0 fully saturated rings. The lowest BCUT2D eigenvalue weighted by Crippen LogP contribution is -2.21. The Morgan fingerprint density at radius 3 is 2.63 bits per heavy atom. The van der Waals surface area contributed by atoms with E-state index in [0.717, 1.165) is 20.7 Å². The summed E-state index contributed by atoms with van der Waals surface area (Å²) in [7, 11) is 0. The van der Waals surface area contributed by atoms with Gasteiger partial charge in [0, 0.05) is 21.7 Å². The molecule has 0 aliphatic carbocycles. The second-order valence-corrected chi connectivity index (χ2v) is 5.70. The minimum atomic E-state index is 0.0657. The minimum Gasteiger partial charge on any atom is -0.376 e. The van der Waals surface area contributed by atoms with Gasteiger partial charge in [-0.05, 0) is 58.2 Å². The van der Waals surface area contributed by atoms with E-state index in [0.29, 0.717) is 6.54 Å². The molecule has 2 aromatic carbocycles. The van der Waals surface area contributed by atoms with Crippen LogP contribution in [0, 0.1) is 6.92 Å². The zero-order chi connectivity index (χ0) is 13.8. The van der Waals surface area contributed by atoms with Gasteiger partial charge in [-0.15, -0.1) is 0 Å². The van der Waals surface area contributed by atoms with Crippen molar-refractivity contribution in [2.45, 2.75) is 13.0 Å². The van der Waals surface area contributed by atoms with Gasteiger partial charge in [0.15, 0.2) is 0 Å². The number of nitrogens with two attached hydrogens (primary N) is 1. The highest BCUT2D eigenvalue weighted by Crippen LogP contribution is 2.28. The van der Waals surface area contributed by atoms with Gasteiger partial charge in [-0.25, -0.2) is 0 Å². The van der Waals surface area contributed by atoms with Crippen molar-refractivity contribution in [3.8, 4) is 0 Å². The highest BCUT2D eigenvalue weighted by atomic mass is 79.9. The van der Waals surface area contributed by atoms with E-state index >= 15 is 0 Å². The van der Waals surface area contributed by atoms with Crippen LogP contribution in [0.2, 0.25) is 5.02 Å². The summed E-state index contributed by atoms with van der Waals surface area (Å²) in [6.07, 6.45) is 0. The molecule has 0 radical (unpaired) electrons. The molecule has 0 spiro atoms. The zero-order valence-corrected chi connectivity index (χ0v) is 13.0. The van der Waals surface area contributed by atoms with Gasteiger partial charge < -0.3 is 11.1 Å². The molecule has 0 aromatic heterocycles. The minimum absolute atomic E-state index is 0.0657. The van der Waals surface area contributed by atoms with E-state index in [2.05, 4.69) is 21.2 Å². The normalized spacial score (nSPS) is 12.2. The first-order chi connectivity index (χ1) is 9.11. The maximum Gasteiger partial charge on any atom is 0.0639 e. The van der Waals surface area contributed by atoms with Crippen molar-refractivity contribution >= 4 is 33.2 Å². The molecule has 1 atom stereocenters. The summed E-state index contributed by atoms with van der Waals surface area (Å²) >= 11 is 9.52. The molecule has 2 nitrogen and oxygen atoms in total. The molecule has 4 heteroatoms. The summed E-state index contributed by atoms with van der Waals surface area (Å²) in [5, 5.41) is 4.21. The monoisotopic (exact) mass is 338 g/mol. The Morgan fingerprint density at radius 1 is 1.26 bits per heavy atom. The quantitative estimate of drug-likeness (QED) is 0.859. The Balaban J connectivity index is 2.28. The van der Waals surface area contributed by atoms with Crippen molar-refractivity contribution in [2.75, 3.05) is 11.9 Å². The number of rotatable bonds is 4. The van der Waals surface area contributed by atoms with Crippen molar-refractivity contribution in [2.24, 2.45) is 5.73 Å². The summed E-state index contributed by atoms with van der Waals surface area (Å²) in [4.78, 5) is 0. The van der Waals surface area contributed by atoms with Gasteiger partial charge in [0.05, 0.1) is 6.04 Å². The first-order valence-corrected chi connectivity index (χ1v) is 7.26. The molecule has 19 heavy (non-hydrogen) atoms. The van der Waals surface area contributed by atoms with Crippen LogP contribution in [0.4, 0.5) is 5.69 Å². The van der Waals surface area contributed by atoms with Crippen LogP contribution >= 0.6 is 27.5 Å². The number of hydrogen-bond acceptors (Lipinski definition) is 2. The van der Waals surface area contributed by atoms with Crippen LogP contribution in [0.1, 0.15) is 17.2 Å². The van der Waals surface area contributed by atoms with Gasteiger partial charge in [-0.3, -0.25) is 0 Å². The second-order valence-electron chi connectivity index (χ2n) is 4.41. The summed E-state index contributed by atoms with van der Waals surface area (Å²) in [5.41, 5.74) is 9.24. The molecular weight excluding hydrogens is 324 g/mol. The number of halogens is 2. The van der Waals surface area contributed by atoms with E-state index < -0.39 is 0 Å². The number of anilines is 1. The first-order valence-electron chi connectivity index (χ1n) is 6.09. The molecule has 0 heterocycles. The number of nitrogens with one attached hydrogen (secondary N) is 1. The van der Waals surface area contributed by atoms with Crippen molar-refractivity contribution in [3.63, 3.8) is 0 Å². The van der Waals surface area contributed by atoms with Crippen molar-refractivity contribution in [1.82, 2.24) is 0 Å². The van der Waals surface area contributed by atoms with Crippen molar-refractivity contribution < 1.29 is 0 Å². The maximum absolute atomic E-state index is 5.99. The fourth-order valence-electron chi connectivity index (χ4n) is 2.06. The smallest absolute Gasteiger partial charge is 0.0639 e. The Labute approximate surface area is 127 Å². The predicted molar refractivity (Wildman–Crippen MR) is 85.7 cm³/mol. The van der Waals surface area contributed by atoms with E-state index in [-0.39, 0.29) is 6.04 Å². The second kappa shape index (κ2) is 6.42. The third kappa shape index (κ3) is 3.50. The molecule has 2 rings (SSSR count). The zero-order valence-electron chi connectivity index (χ0n) is 10.7. The summed E-state index contributed by atoms with van der Waals surface area (Å²) < 4.78 is 1.03. The third-order valence-corrected chi connectivity index (χ3v) is 3.97. The van der Waals surface area contributed by atoms with E-state index in [4.69, 9.17) is 17.3 Å². The molecule has 0 amide bonds. The fraction of sp³-hybridized carbons (Fsp3) is 0.200. The molecule has 1 unspecified atom stereocenters. The molecule has 0 bridgehead atoms. The molecule has 0 saturated carbocycles. The van der Waals surface area contributed by atoms with Gasteiger partial charge in [0.2, 0.25) is 0 Å². The number of aryl methyl sites for hydroxylation is 1. The summed E-state index contributed by atoms with van der Waals surface area (Å²) in [6, 6.07) is 14.0. The number of hydrogen-bond donors (Lipinski definition) is 2. The van der Waals surface area contributed by atoms with Crippen molar-refractivity contribution in [3.05, 3.63) is 63.1 Å². The van der Waals surface area contributed by atoms with Gasteiger partial charge >= 0.3 is 0 Å². The summed E-state index contributed by atoms with van der Waals surface area (Å²) in [5.74, 6) is 0. The van der Waals surface area contributed by atoms with Gasteiger partial charge in [-0.1, -0.05) is 29.8 Å². The number of para-hydroxylation sites is 1. The molecule has 3 N–H and O–H groups in total. The van der Waals surface area contributed by atoms with E-state index in [1.807, 2.05) is 49.4 Å². The van der Waals surface area contributed by atoms with Gasteiger partial charge in [0.1, 0.15) is 0 Å². The lowest BCUT2D eigenvalue weighted by molar-refractivity contribution is 0.783. The van der Waals surface area contributed by atoms with Crippen LogP contribution < -0.4 is 11.1 Å². The predicted octanol–water partition coefficient (Wildman–Crippen LogP) is 4.52. The topological polar surface area (TPSA) is 38.0 Å². The van der Waals surface area contributed by atoms with E-state index in [1.54, 1.807) is 0 Å². The van der Waals surface area contributed by atoms with Crippen LogP contribution in [0.5, 0.6) is 0 Å². The van der Waals surface area contributed by atoms with Crippen LogP contribution in [0.25, 0.3) is 0 Å². The molecule has 0 aliphatic rings. The standard InChI is InChI=1S/C15H16BrClN2/c1-10-8-11(17)6-7-12(10)15(9-18)19-14-5-3-2-4-13(14)16/h2-8,15,19H,9,18H2,1H3. The Morgan fingerprint density at radius 2 is 2.00 bits per heavy atom. The van der Waals surface area contributed by atoms with E-state index in [1.165, 1.54) is 5.56 Å². The lowest BCUT2D eigenvalue weighted by atomic mass is 10.0. The highest BCUT2D eigenvalue weighted by Gasteiger charge is 2.13.